The molecule has 2 fully saturated rings. The van der Waals surface area contributed by atoms with Crippen molar-refractivity contribution in [1.29, 1.82) is 0 Å². The first-order valence-electron chi connectivity index (χ1n) is 8.20. The summed E-state index contributed by atoms with van der Waals surface area (Å²) in [6.45, 7) is 2.68. The van der Waals surface area contributed by atoms with Crippen molar-refractivity contribution < 1.29 is 37.0 Å². The quantitative estimate of drug-likeness (QED) is 0.547. The molecule has 2 aliphatic rings. The minimum Gasteiger partial charge on any atom is -0.475 e. The van der Waals surface area contributed by atoms with E-state index in [1.54, 1.807) is 25.1 Å². The Hall–Kier alpha value is -1.58. The average molecular weight is 446 g/mol. The summed E-state index contributed by atoms with van der Waals surface area (Å²) in [7, 11) is 0. The number of carboxylic acids is 1. The lowest BCUT2D eigenvalue weighted by molar-refractivity contribution is -0.192. The van der Waals surface area contributed by atoms with Crippen molar-refractivity contribution in [2.24, 2.45) is 5.41 Å². The monoisotopic (exact) mass is 445 g/mol. The molecule has 0 bridgehead atoms. The maximum Gasteiger partial charge on any atom is 0.490 e. The molecule has 0 spiro atoms. The molecule has 3 unspecified atom stereocenters. The normalized spacial score (nSPS) is 28.5. The molecule has 156 valence electrons. The highest BCUT2D eigenvalue weighted by molar-refractivity contribution is 6.42. The molecule has 1 saturated carbocycles. The molecule has 5 nitrogen and oxygen atoms in total. The van der Waals surface area contributed by atoms with Crippen molar-refractivity contribution in [3.63, 3.8) is 0 Å². The summed E-state index contributed by atoms with van der Waals surface area (Å²) in [6.07, 6.45) is -5.81. The van der Waals surface area contributed by atoms with E-state index < -0.39 is 29.1 Å². The van der Waals surface area contributed by atoms with Gasteiger partial charge >= 0.3 is 18.1 Å². The van der Waals surface area contributed by atoms with Crippen molar-refractivity contribution in [3.05, 3.63) is 33.8 Å². The first-order valence-corrected chi connectivity index (χ1v) is 8.95. The second-order valence-corrected chi connectivity index (χ2v) is 7.30. The number of alkyl halides is 4. The first kappa shape index (κ1) is 22.7. The molecule has 1 aromatic carbocycles. The van der Waals surface area contributed by atoms with Gasteiger partial charge in [-0.3, -0.25) is 4.79 Å². The Balaban J connectivity index is 0.000000345. The van der Waals surface area contributed by atoms with E-state index in [4.69, 9.17) is 37.8 Å². The number of rotatable bonds is 3. The molecule has 1 heterocycles. The number of carboxylic acid groups (broad SMARTS) is 1. The lowest BCUT2D eigenvalue weighted by atomic mass is 9.79. The van der Waals surface area contributed by atoms with E-state index >= 15 is 0 Å². The molecule has 3 rings (SSSR count). The highest BCUT2D eigenvalue weighted by Gasteiger charge is 2.78. The summed E-state index contributed by atoms with van der Waals surface area (Å²) in [6, 6.07) is 5.08. The number of carbonyl (C=O) groups is 2. The zero-order valence-corrected chi connectivity index (χ0v) is 16.1. The van der Waals surface area contributed by atoms with Crippen LogP contribution in [0.15, 0.2) is 18.2 Å². The minimum atomic E-state index is -5.08. The van der Waals surface area contributed by atoms with E-state index in [0.29, 0.717) is 23.0 Å². The molecule has 11 heteroatoms. The summed E-state index contributed by atoms with van der Waals surface area (Å²) in [5.41, 5.74) is -0.963. The van der Waals surface area contributed by atoms with Gasteiger partial charge in [-0.2, -0.15) is 13.2 Å². The molecule has 0 aromatic heterocycles. The van der Waals surface area contributed by atoms with E-state index in [-0.39, 0.29) is 19.1 Å². The summed E-state index contributed by atoms with van der Waals surface area (Å²) in [5.74, 6) is -3.10. The SMILES string of the molecule is CCOC(=O)C12CNCC(F)C1(c1ccc(Cl)c(Cl)c1)C2.O=C(O)C(F)(F)F. The van der Waals surface area contributed by atoms with Crippen LogP contribution < -0.4 is 5.32 Å². The highest BCUT2D eigenvalue weighted by Crippen LogP contribution is 2.69. The number of fused-ring (bicyclic) bond motifs is 1. The zero-order valence-electron chi connectivity index (χ0n) is 14.6. The Labute approximate surface area is 167 Å². The number of nitrogens with one attached hydrogen (secondary N) is 1. The molecule has 0 amide bonds. The van der Waals surface area contributed by atoms with Gasteiger partial charge in [-0.25, -0.2) is 9.18 Å². The molecule has 0 radical (unpaired) electrons. The second kappa shape index (κ2) is 8.04. The Bertz CT molecular complexity index is 776. The fraction of sp³-hybridized carbons (Fsp3) is 0.529. The zero-order chi connectivity index (χ0) is 21.3. The minimum absolute atomic E-state index is 0.224. The second-order valence-electron chi connectivity index (χ2n) is 6.48. The highest BCUT2D eigenvalue weighted by atomic mass is 35.5. The van der Waals surface area contributed by atoms with Crippen molar-refractivity contribution in [2.75, 3.05) is 19.7 Å². The molecule has 28 heavy (non-hydrogen) atoms. The molecule has 1 aliphatic carbocycles. The Morgan fingerprint density at radius 3 is 2.43 bits per heavy atom. The van der Waals surface area contributed by atoms with E-state index in [2.05, 4.69) is 5.32 Å². The van der Waals surface area contributed by atoms with Crippen LogP contribution in [-0.4, -0.2) is 49.1 Å². The van der Waals surface area contributed by atoms with E-state index in [9.17, 15) is 22.4 Å². The van der Waals surface area contributed by atoms with Gasteiger partial charge < -0.3 is 15.2 Å². The standard InChI is InChI=1S/C15H16Cl2FNO2.C2HF3O2/c1-2-21-13(20)14-7-15(14,12(18)6-19-8-14)9-3-4-10(16)11(17)5-9;3-2(4,5)1(6)7/h3-5,12,19H,2,6-8H2,1H3;(H,6,7). The van der Waals surface area contributed by atoms with Crippen LogP contribution in [0.1, 0.15) is 18.9 Å². The lowest BCUT2D eigenvalue weighted by Crippen LogP contribution is -2.50. The van der Waals surface area contributed by atoms with Gasteiger partial charge in [-0.05, 0) is 31.0 Å². The largest absolute Gasteiger partial charge is 0.490 e. The third-order valence-electron chi connectivity index (χ3n) is 4.94. The topological polar surface area (TPSA) is 75.6 Å². The summed E-state index contributed by atoms with van der Waals surface area (Å²) >= 11 is 12.0. The van der Waals surface area contributed by atoms with Crippen LogP contribution in [0.3, 0.4) is 0 Å². The van der Waals surface area contributed by atoms with Crippen molar-refractivity contribution >= 4 is 35.1 Å². The molecule has 3 atom stereocenters. The maximum atomic E-state index is 14.7. The first-order chi connectivity index (χ1) is 12.9. The summed E-state index contributed by atoms with van der Waals surface area (Å²) < 4.78 is 51.6. The fourth-order valence-electron chi connectivity index (χ4n) is 3.58. The van der Waals surface area contributed by atoms with Crippen LogP contribution in [0.2, 0.25) is 10.0 Å². The van der Waals surface area contributed by atoms with Gasteiger partial charge in [0.1, 0.15) is 6.17 Å². The molecular formula is C17H17Cl2F4NO4. The van der Waals surface area contributed by atoms with Gasteiger partial charge in [0.15, 0.2) is 0 Å². The fourth-order valence-corrected chi connectivity index (χ4v) is 3.88. The molecule has 1 aliphatic heterocycles. The molecular weight excluding hydrogens is 429 g/mol. The third kappa shape index (κ3) is 3.92. The smallest absolute Gasteiger partial charge is 0.475 e. The van der Waals surface area contributed by atoms with Crippen molar-refractivity contribution in [3.8, 4) is 0 Å². The van der Waals surface area contributed by atoms with Crippen LogP contribution in [-0.2, 0) is 19.7 Å². The lowest BCUT2D eigenvalue weighted by Gasteiger charge is -2.33. The predicted octanol–water partition coefficient (Wildman–Crippen LogP) is 3.76. The van der Waals surface area contributed by atoms with Gasteiger partial charge in [-0.1, -0.05) is 29.3 Å². The number of piperidine rings is 1. The molecule has 1 aromatic rings. The van der Waals surface area contributed by atoms with E-state index in [0.717, 1.165) is 5.56 Å². The Kier molecular flexibility index (Phi) is 6.52. The molecule has 2 N–H and O–H groups in total. The predicted molar refractivity (Wildman–Crippen MR) is 93.3 cm³/mol. The van der Waals surface area contributed by atoms with Crippen LogP contribution in [0, 0.1) is 5.41 Å². The summed E-state index contributed by atoms with van der Waals surface area (Å²) in [4.78, 5) is 21.2. The Morgan fingerprint density at radius 1 is 1.32 bits per heavy atom. The van der Waals surface area contributed by atoms with Gasteiger partial charge in [-0.15, -0.1) is 0 Å². The van der Waals surface area contributed by atoms with Gasteiger partial charge in [0.2, 0.25) is 0 Å². The number of hydrogen-bond acceptors (Lipinski definition) is 4. The third-order valence-corrected chi connectivity index (χ3v) is 5.68. The number of aliphatic carboxylic acids is 1. The van der Waals surface area contributed by atoms with Crippen molar-refractivity contribution in [1.82, 2.24) is 5.32 Å². The number of esters is 1. The van der Waals surface area contributed by atoms with Crippen LogP contribution in [0.4, 0.5) is 17.6 Å². The van der Waals surface area contributed by atoms with Gasteiger partial charge in [0.25, 0.3) is 0 Å². The number of benzene rings is 1. The Morgan fingerprint density at radius 2 is 1.93 bits per heavy atom. The van der Waals surface area contributed by atoms with Gasteiger partial charge in [0, 0.05) is 18.5 Å². The van der Waals surface area contributed by atoms with Crippen LogP contribution in [0.25, 0.3) is 0 Å². The van der Waals surface area contributed by atoms with E-state index in [1.165, 1.54) is 0 Å². The van der Waals surface area contributed by atoms with Crippen molar-refractivity contribution in [2.45, 2.75) is 31.1 Å². The number of hydrogen-bond donors (Lipinski definition) is 2. The maximum absolute atomic E-state index is 14.7. The average Bonchev–Trinajstić information content (AvgIpc) is 3.31. The summed E-state index contributed by atoms with van der Waals surface area (Å²) in [5, 5.41) is 10.9. The van der Waals surface area contributed by atoms with Crippen LogP contribution >= 0.6 is 23.2 Å². The number of ether oxygens (including phenoxy) is 1. The van der Waals surface area contributed by atoms with E-state index in [1.807, 2.05) is 0 Å². The molecule has 1 saturated heterocycles. The van der Waals surface area contributed by atoms with Crippen LogP contribution in [0.5, 0.6) is 0 Å². The number of halogens is 6. The number of carbonyl (C=O) groups excluding carboxylic acids is 1. The van der Waals surface area contributed by atoms with Gasteiger partial charge in [0.05, 0.1) is 22.1 Å².